The fourth-order valence-corrected chi connectivity index (χ4v) is 1.58. The van der Waals surface area contributed by atoms with Crippen LogP contribution >= 0.6 is 0 Å². The number of rotatable bonds is 3. The summed E-state index contributed by atoms with van der Waals surface area (Å²) in [6, 6.07) is 7.14. The van der Waals surface area contributed by atoms with Crippen molar-refractivity contribution in [2.45, 2.75) is 33.2 Å². The van der Waals surface area contributed by atoms with Crippen LogP contribution < -0.4 is 11.5 Å². The molecule has 0 heterocycles. The minimum atomic E-state index is -0.0120. The molecule has 4 heteroatoms. The zero-order valence-corrected chi connectivity index (χ0v) is 10.6. The Balaban J connectivity index is 2.87. The second-order valence-corrected chi connectivity index (χ2v) is 5.31. The van der Waals surface area contributed by atoms with E-state index in [1.807, 2.05) is 12.1 Å². The van der Waals surface area contributed by atoms with Gasteiger partial charge in [-0.05, 0) is 29.5 Å². The van der Waals surface area contributed by atoms with Gasteiger partial charge in [0.2, 0.25) is 0 Å². The van der Waals surface area contributed by atoms with Crippen LogP contribution in [0, 0.1) is 5.41 Å². The van der Waals surface area contributed by atoms with Crippen LogP contribution in [-0.2, 0) is 6.42 Å². The molecule has 0 aliphatic heterocycles. The summed E-state index contributed by atoms with van der Waals surface area (Å²) >= 11 is 0. The minimum Gasteiger partial charge on any atom is -0.508 e. The molecule has 1 unspecified atom stereocenters. The number of nitrogens with zero attached hydrogens (tertiary/aromatic N) is 1. The lowest BCUT2D eigenvalue weighted by Crippen LogP contribution is -2.33. The molecule has 0 spiro atoms. The molecule has 94 valence electrons. The molecule has 1 aromatic carbocycles. The minimum absolute atomic E-state index is 0.0120. The Hall–Kier alpha value is -1.71. The van der Waals surface area contributed by atoms with E-state index in [0.29, 0.717) is 0 Å². The van der Waals surface area contributed by atoms with E-state index in [-0.39, 0.29) is 23.2 Å². The fourth-order valence-electron chi connectivity index (χ4n) is 1.58. The van der Waals surface area contributed by atoms with Gasteiger partial charge in [-0.2, -0.15) is 0 Å². The van der Waals surface area contributed by atoms with Gasteiger partial charge >= 0.3 is 0 Å². The highest BCUT2D eigenvalue weighted by atomic mass is 16.3. The predicted octanol–water partition coefficient (Wildman–Crippen LogP) is 1.62. The van der Waals surface area contributed by atoms with E-state index in [1.165, 1.54) is 0 Å². The Morgan fingerprint density at radius 3 is 2.18 bits per heavy atom. The van der Waals surface area contributed by atoms with Crippen LogP contribution in [0.5, 0.6) is 5.75 Å². The molecule has 0 bridgehead atoms. The standard InChI is InChI=1S/C13H21N3O/c1-13(2,3)11(16-12(14)15)8-9-4-6-10(17)7-5-9/h4-7,11,17H,8H2,1-3H3,(H4,14,15,16). The number of phenolic OH excluding ortho intramolecular Hbond substituents is 1. The molecule has 5 N–H and O–H groups in total. The van der Waals surface area contributed by atoms with E-state index in [9.17, 15) is 5.11 Å². The van der Waals surface area contributed by atoms with Crippen LogP contribution in [0.4, 0.5) is 0 Å². The third-order valence-corrected chi connectivity index (χ3v) is 2.67. The van der Waals surface area contributed by atoms with E-state index >= 15 is 0 Å². The van der Waals surface area contributed by atoms with Crippen LogP contribution in [0.1, 0.15) is 26.3 Å². The highest BCUT2D eigenvalue weighted by Crippen LogP contribution is 2.26. The van der Waals surface area contributed by atoms with Gasteiger partial charge in [-0.25, -0.2) is 4.99 Å². The number of hydrogen-bond acceptors (Lipinski definition) is 2. The topological polar surface area (TPSA) is 84.6 Å². The molecule has 0 amide bonds. The summed E-state index contributed by atoms with van der Waals surface area (Å²) in [7, 11) is 0. The average Bonchev–Trinajstić information content (AvgIpc) is 2.18. The van der Waals surface area contributed by atoms with E-state index < -0.39 is 0 Å². The van der Waals surface area contributed by atoms with Crippen molar-refractivity contribution < 1.29 is 5.11 Å². The van der Waals surface area contributed by atoms with E-state index in [2.05, 4.69) is 25.8 Å². The summed E-state index contributed by atoms with van der Waals surface area (Å²) in [5.41, 5.74) is 12.0. The monoisotopic (exact) mass is 235 g/mol. The molecular formula is C13H21N3O. The Labute approximate surface area is 102 Å². The predicted molar refractivity (Wildman–Crippen MR) is 70.9 cm³/mol. The molecular weight excluding hydrogens is 214 g/mol. The highest BCUT2D eigenvalue weighted by molar-refractivity contribution is 5.75. The van der Waals surface area contributed by atoms with Crippen molar-refractivity contribution >= 4 is 5.96 Å². The quantitative estimate of drug-likeness (QED) is 0.550. The van der Waals surface area contributed by atoms with Gasteiger partial charge in [-0.3, -0.25) is 0 Å². The lowest BCUT2D eigenvalue weighted by atomic mass is 9.83. The summed E-state index contributed by atoms with van der Waals surface area (Å²) in [5.74, 6) is 0.381. The van der Waals surface area contributed by atoms with Gasteiger partial charge in [-0.15, -0.1) is 0 Å². The Kier molecular flexibility index (Phi) is 3.99. The second-order valence-electron chi connectivity index (χ2n) is 5.31. The van der Waals surface area contributed by atoms with Crippen LogP contribution in [0.15, 0.2) is 29.3 Å². The maximum Gasteiger partial charge on any atom is 0.186 e. The van der Waals surface area contributed by atoms with Crippen molar-refractivity contribution in [3.05, 3.63) is 29.8 Å². The second kappa shape index (κ2) is 5.08. The van der Waals surface area contributed by atoms with Gasteiger partial charge in [0.05, 0.1) is 6.04 Å². The molecule has 1 rings (SSSR count). The average molecular weight is 235 g/mol. The first-order valence-electron chi connectivity index (χ1n) is 5.65. The van der Waals surface area contributed by atoms with Gasteiger partial charge < -0.3 is 16.6 Å². The Bertz CT molecular complexity index is 386. The summed E-state index contributed by atoms with van der Waals surface area (Å²) < 4.78 is 0. The van der Waals surface area contributed by atoms with Crippen molar-refractivity contribution in [1.82, 2.24) is 0 Å². The zero-order valence-electron chi connectivity index (χ0n) is 10.6. The summed E-state index contributed by atoms with van der Waals surface area (Å²) in [6.07, 6.45) is 0.752. The van der Waals surface area contributed by atoms with Gasteiger partial charge in [-0.1, -0.05) is 32.9 Å². The molecule has 17 heavy (non-hydrogen) atoms. The van der Waals surface area contributed by atoms with Gasteiger partial charge in [0, 0.05) is 0 Å². The lowest BCUT2D eigenvalue weighted by Gasteiger charge is -2.27. The van der Waals surface area contributed by atoms with E-state index in [1.54, 1.807) is 12.1 Å². The maximum atomic E-state index is 9.23. The molecule has 0 fully saturated rings. The van der Waals surface area contributed by atoms with Crippen molar-refractivity contribution in [3.63, 3.8) is 0 Å². The highest BCUT2D eigenvalue weighted by Gasteiger charge is 2.24. The first-order valence-corrected chi connectivity index (χ1v) is 5.65. The molecule has 0 saturated carbocycles. The third kappa shape index (κ3) is 4.34. The summed E-state index contributed by atoms with van der Waals surface area (Å²) in [4.78, 5) is 4.28. The van der Waals surface area contributed by atoms with Crippen molar-refractivity contribution in [1.29, 1.82) is 0 Å². The number of benzene rings is 1. The van der Waals surface area contributed by atoms with Gasteiger partial charge in [0.1, 0.15) is 5.75 Å². The smallest absolute Gasteiger partial charge is 0.186 e. The fraction of sp³-hybridized carbons (Fsp3) is 0.462. The molecule has 0 aliphatic carbocycles. The lowest BCUT2D eigenvalue weighted by molar-refractivity contribution is 0.320. The maximum absolute atomic E-state index is 9.23. The van der Waals surface area contributed by atoms with Crippen molar-refractivity contribution in [2.75, 3.05) is 0 Å². The molecule has 1 aromatic rings. The summed E-state index contributed by atoms with van der Waals surface area (Å²) in [5, 5.41) is 9.23. The molecule has 0 aromatic heterocycles. The number of guanidine groups is 1. The van der Waals surface area contributed by atoms with Gasteiger partial charge in [0.15, 0.2) is 5.96 Å². The Morgan fingerprint density at radius 2 is 1.76 bits per heavy atom. The first kappa shape index (κ1) is 13.4. The largest absolute Gasteiger partial charge is 0.508 e. The number of aliphatic imine (C=N–C) groups is 1. The van der Waals surface area contributed by atoms with Crippen molar-refractivity contribution in [3.8, 4) is 5.75 Å². The molecule has 4 nitrogen and oxygen atoms in total. The number of hydrogen-bond donors (Lipinski definition) is 3. The van der Waals surface area contributed by atoms with Gasteiger partial charge in [0.25, 0.3) is 0 Å². The normalized spacial score (nSPS) is 13.1. The van der Waals surface area contributed by atoms with Crippen LogP contribution in [-0.4, -0.2) is 17.1 Å². The number of phenols is 1. The Morgan fingerprint density at radius 1 is 1.24 bits per heavy atom. The molecule has 1 atom stereocenters. The van der Waals surface area contributed by atoms with E-state index in [0.717, 1.165) is 12.0 Å². The van der Waals surface area contributed by atoms with Crippen LogP contribution in [0.3, 0.4) is 0 Å². The SMILES string of the molecule is CC(C)(C)C(Cc1ccc(O)cc1)N=C(N)N. The first-order chi connectivity index (χ1) is 7.79. The number of aromatic hydroxyl groups is 1. The van der Waals surface area contributed by atoms with Crippen LogP contribution in [0.25, 0.3) is 0 Å². The van der Waals surface area contributed by atoms with E-state index in [4.69, 9.17) is 11.5 Å². The van der Waals surface area contributed by atoms with Crippen molar-refractivity contribution in [2.24, 2.45) is 21.9 Å². The molecule has 0 saturated heterocycles. The third-order valence-electron chi connectivity index (χ3n) is 2.67. The zero-order chi connectivity index (χ0) is 13.1. The van der Waals surface area contributed by atoms with Crippen LogP contribution in [0.2, 0.25) is 0 Å². The summed E-state index contributed by atoms with van der Waals surface area (Å²) in [6.45, 7) is 6.31. The molecule has 0 aliphatic rings. The number of nitrogens with two attached hydrogens (primary N) is 2. The molecule has 0 radical (unpaired) electrons.